The fourth-order valence-electron chi connectivity index (χ4n) is 1.78. The molecule has 1 atom stereocenters. The Labute approximate surface area is 110 Å². The van der Waals surface area contributed by atoms with Crippen molar-refractivity contribution < 1.29 is 9.50 Å². The number of aryl methyl sites for hydroxylation is 1. The van der Waals surface area contributed by atoms with Crippen LogP contribution < -0.4 is 0 Å². The summed E-state index contributed by atoms with van der Waals surface area (Å²) in [6.07, 6.45) is 1.32. The van der Waals surface area contributed by atoms with Crippen LogP contribution >= 0.6 is 11.6 Å². The minimum absolute atomic E-state index is 0.0907. The van der Waals surface area contributed by atoms with Gasteiger partial charge in [0.15, 0.2) is 0 Å². The van der Waals surface area contributed by atoms with Crippen molar-refractivity contribution in [1.82, 2.24) is 4.98 Å². The number of pyridine rings is 1. The van der Waals surface area contributed by atoms with Gasteiger partial charge >= 0.3 is 0 Å². The predicted molar refractivity (Wildman–Crippen MR) is 69.0 cm³/mol. The molecule has 0 spiro atoms. The normalized spacial score (nSPS) is 12.4. The third-order valence-corrected chi connectivity index (χ3v) is 3.03. The Kier molecular flexibility index (Phi) is 3.94. The molecule has 1 heterocycles. The van der Waals surface area contributed by atoms with Crippen LogP contribution in [0.5, 0.6) is 0 Å². The molecule has 1 aromatic carbocycles. The Balaban J connectivity index is 2.16. The van der Waals surface area contributed by atoms with Gasteiger partial charge in [-0.3, -0.25) is 4.98 Å². The molecule has 4 heteroatoms. The van der Waals surface area contributed by atoms with Gasteiger partial charge in [-0.2, -0.15) is 0 Å². The molecule has 0 amide bonds. The third-order valence-electron chi connectivity index (χ3n) is 2.72. The van der Waals surface area contributed by atoms with Crippen LogP contribution in [-0.4, -0.2) is 10.1 Å². The van der Waals surface area contributed by atoms with Crippen molar-refractivity contribution in [3.05, 3.63) is 64.2 Å². The van der Waals surface area contributed by atoms with Crippen molar-refractivity contribution >= 4 is 11.6 Å². The first kappa shape index (κ1) is 13.0. The number of aliphatic hydroxyl groups is 1. The standard InChI is InChI=1S/C14H13ClFNO/c1-9-6-11(4-5-17-9)14(18)8-10-2-3-12(15)13(16)7-10/h2-7,14,18H,8H2,1H3. The van der Waals surface area contributed by atoms with Crippen LogP contribution in [0.15, 0.2) is 36.5 Å². The predicted octanol–water partition coefficient (Wildman–Crippen LogP) is 3.46. The summed E-state index contributed by atoms with van der Waals surface area (Å²) < 4.78 is 13.3. The van der Waals surface area contributed by atoms with Crippen LogP contribution in [0.2, 0.25) is 5.02 Å². The van der Waals surface area contributed by atoms with Gasteiger partial charge in [0, 0.05) is 18.3 Å². The second-order valence-electron chi connectivity index (χ2n) is 4.20. The first-order valence-corrected chi connectivity index (χ1v) is 5.98. The van der Waals surface area contributed by atoms with E-state index in [0.717, 1.165) is 11.3 Å². The van der Waals surface area contributed by atoms with Gasteiger partial charge in [0.2, 0.25) is 0 Å². The van der Waals surface area contributed by atoms with Crippen molar-refractivity contribution in [3.63, 3.8) is 0 Å². The highest BCUT2D eigenvalue weighted by Gasteiger charge is 2.10. The Morgan fingerprint density at radius 1 is 1.33 bits per heavy atom. The largest absolute Gasteiger partial charge is 0.388 e. The van der Waals surface area contributed by atoms with E-state index in [1.165, 1.54) is 12.1 Å². The van der Waals surface area contributed by atoms with Gasteiger partial charge in [0.1, 0.15) is 5.82 Å². The van der Waals surface area contributed by atoms with Gasteiger partial charge in [0.25, 0.3) is 0 Å². The zero-order valence-corrected chi connectivity index (χ0v) is 10.7. The summed E-state index contributed by atoms with van der Waals surface area (Å²) in [5, 5.41) is 10.2. The summed E-state index contributed by atoms with van der Waals surface area (Å²) >= 11 is 5.61. The first-order chi connectivity index (χ1) is 8.56. The second-order valence-corrected chi connectivity index (χ2v) is 4.61. The maximum atomic E-state index is 13.3. The van der Waals surface area contributed by atoms with E-state index < -0.39 is 11.9 Å². The highest BCUT2D eigenvalue weighted by atomic mass is 35.5. The van der Waals surface area contributed by atoms with Gasteiger partial charge < -0.3 is 5.11 Å². The SMILES string of the molecule is Cc1cc(C(O)Cc2ccc(Cl)c(F)c2)ccn1. The Hall–Kier alpha value is -1.45. The fourth-order valence-corrected chi connectivity index (χ4v) is 1.90. The quantitative estimate of drug-likeness (QED) is 0.922. The molecule has 2 rings (SSSR count). The Morgan fingerprint density at radius 2 is 2.11 bits per heavy atom. The van der Waals surface area contributed by atoms with Gasteiger partial charge in [-0.1, -0.05) is 17.7 Å². The van der Waals surface area contributed by atoms with Crippen molar-refractivity contribution in [3.8, 4) is 0 Å². The lowest BCUT2D eigenvalue weighted by Gasteiger charge is -2.11. The van der Waals surface area contributed by atoms with Crippen molar-refractivity contribution in [1.29, 1.82) is 0 Å². The number of benzene rings is 1. The van der Waals surface area contributed by atoms with E-state index in [-0.39, 0.29) is 5.02 Å². The molecule has 94 valence electrons. The van der Waals surface area contributed by atoms with Crippen LogP contribution in [0.4, 0.5) is 4.39 Å². The lowest BCUT2D eigenvalue weighted by molar-refractivity contribution is 0.178. The summed E-state index contributed by atoms with van der Waals surface area (Å²) in [5.41, 5.74) is 2.32. The van der Waals surface area contributed by atoms with Gasteiger partial charge in [0.05, 0.1) is 11.1 Å². The van der Waals surface area contributed by atoms with Crippen molar-refractivity contribution in [2.45, 2.75) is 19.4 Å². The molecule has 2 nitrogen and oxygen atoms in total. The van der Waals surface area contributed by atoms with E-state index in [2.05, 4.69) is 4.98 Å². The summed E-state index contributed by atoms with van der Waals surface area (Å²) in [5.74, 6) is -0.465. The van der Waals surface area contributed by atoms with Gasteiger partial charge in [-0.25, -0.2) is 4.39 Å². The van der Waals surface area contributed by atoms with Gasteiger partial charge in [-0.15, -0.1) is 0 Å². The van der Waals surface area contributed by atoms with E-state index >= 15 is 0 Å². The number of hydrogen-bond donors (Lipinski definition) is 1. The molecule has 1 N–H and O–H groups in total. The molecular weight excluding hydrogens is 253 g/mol. The summed E-state index contributed by atoms with van der Waals surface area (Å²) in [6, 6.07) is 8.12. The molecule has 1 aromatic heterocycles. The maximum absolute atomic E-state index is 13.3. The smallest absolute Gasteiger partial charge is 0.142 e. The number of rotatable bonds is 3. The number of aliphatic hydroxyl groups excluding tert-OH is 1. The molecule has 18 heavy (non-hydrogen) atoms. The van der Waals surface area contributed by atoms with E-state index in [4.69, 9.17) is 11.6 Å². The highest BCUT2D eigenvalue weighted by Crippen LogP contribution is 2.21. The molecule has 0 aliphatic rings. The monoisotopic (exact) mass is 265 g/mol. The first-order valence-electron chi connectivity index (χ1n) is 5.61. The van der Waals surface area contributed by atoms with Gasteiger partial charge in [-0.05, 0) is 42.3 Å². The van der Waals surface area contributed by atoms with Crippen LogP contribution in [0, 0.1) is 12.7 Å². The fraction of sp³-hybridized carbons (Fsp3) is 0.214. The molecule has 0 saturated carbocycles. The molecular formula is C14H13ClFNO. The summed E-state index contributed by atoms with van der Waals surface area (Å²) in [4.78, 5) is 4.07. The van der Waals surface area contributed by atoms with E-state index in [1.54, 1.807) is 18.3 Å². The Morgan fingerprint density at radius 3 is 2.78 bits per heavy atom. The Bertz CT molecular complexity index is 559. The maximum Gasteiger partial charge on any atom is 0.142 e. The lowest BCUT2D eigenvalue weighted by Crippen LogP contribution is -2.03. The summed E-state index contributed by atoms with van der Waals surface area (Å²) in [7, 11) is 0. The number of hydrogen-bond acceptors (Lipinski definition) is 2. The molecule has 0 aliphatic carbocycles. The van der Waals surface area contributed by atoms with Crippen molar-refractivity contribution in [2.24, 2.45) is 0 Å². The third kappa shape index (κ3) is 3.06. The zero-order valence-electron chi connectivity index (χ0n) is 9.90. The molecule has 2 aromatic rings. The second kappa shape index (κ2) is 5.46. The topological polar surface area (TPSA) is 33.1 Å². The number of aromatic nitrogens is 1. The molecule has 0 saturated heterocycles. The highest BCUT2D eigenvalue weighted by molar-refractivity contribution is 6.30. The lowest BCUT2D eigenvalue weighted by atomic mass is 10.0. The molecule has 0 radical (unpaired) electrons. The van der Waals surface area contributed by atoms with E-state index in [0.29, 0.717) is 12.0 Å². The summed E-state index contributed by atoms with van der Waals surface area (Å²) in [6.45, 7) is 1.86. The average Bonchev–Trinajstić information content (AvgIpc) is 2.34. The average molecular weight is 266 g/mol. The van der Waals surface area contributed by atoms with Crippen molar-refractivity contribution in [2.75, 3.05) is 0 Å². The van der Waals surface area contributed by atoms with Crippen LogP contribution in [-0.2, 0) is 6.42 Å². The molecule has 1 unspecified atom stereocenters. The minimum Gasteiger partial charge on any atom is -0.388 e. The number of nitrogens with zero attached hydrogens (tertiary/aromatic N) is 1. The molecule has 0 bridgehead atoms. The van der Waals surface area contributed by atoms with Crippen LogP contribution in [0.1, 0.15) is 22.9 Å². The van der Waals surface area contributed by atoms with Crippen LogP contribution in [0.3, 0.4) is 0 Å². The minimum atomic E-state index is -0.674. The number of halogens is 2. The van der Waals surface area contributed by atoms with E-state index in [1.807, 2.05) is 13.0 Å². The van der Waals surface area contributed by atoms with E-state index in [9.17, 15) is 9.50 Å². The van der Waals surface area contributed by atoms with Crippen LogP contribution in [0.25, 0.3) is 0 Å². The molecule has 0 fully saturated rings. The zero-order chi connectivity index (χ0) is 13.1. The molecule has 0 aliphatic heterocycles.